The van der Waals surface area contributed by atoms with Gasteiger partial charge in [-0.25, -0.2) is 9.18 Å². The summed E-state index contributed by atoms with van der Waals surface area (Å²) in [5, 5.41) is 0. The lowest BCUT2D eigenvalue weighted by Crippen LogP contribution is -2.19. The van der Waals surface area contributed by atoms with Crippen molar-refractivity contribution < 1.29 is 18.7 Å². The van der Waals surface area contributed by atoms with E-state index in [1.165, 1.54) is 13.8 Å². The maximum atomic E-state index is 12.8. The highest BCUT2D eigenvalue weighted by molar-refractivity contribution is 5.64. The predicted octanol–water partition coefficient (Wildman–Crippen LogP) is 1.24. The SMILES string of the molecule is CC(C)(F)CCOCCOC(N)=O. The van der Waals surface area contributed by atoms with Crippen molar-refractivity contribution in [2.24, 2.45) is 5.73 Å². The number of amides is 1. The van der Waals surface area contributed by atoms with Gasteiger partial charge < -0.3 is 15.2 Å². The van der Waals surface area contributed by atoms with Crippen LogP contribution in [0.25, 0.3) is 0 Å². The van der Waals surface area contributed by atoms with Gasteiger partial charge in [0.25, 0.3) is 0 Å². The Morgan fingerprint density at radius 3 is 2.46 bits per heavy atom. The molecule has 0 radical (unpaired) electrons. The zero-order chi connectivity index (χ0) is 10.3. The van der Waals surface area contributed by atoms with E-state index in [-0.39, 0.29) is 13.2 Å². The van der Waals surface area contributed by atoms with Crippen LogP contribution >= 0.6 is 0 Å². The first-order valence-corrected chi connectivity index (χ1v) is 4.11. The van der Waals surface area contributed by atoms with Crippen LogP contribution in [0.3, 0.4) is 0 Å². The minimum absolute atomic E-state index is 0.113. The molecule has 0 aliphatic carbocycles. The third-order valence-electron chi connectivity index (χ3n) is 1.31. The van der Waals surface area contributed by atoms with Gasteiger partial charge in [0.2, 0.25) is 0 Å². The van der Waals surface area contributed by atoms with Crippen molar-refractivity contribution in [3.05, 3.63) is 0 Å². The number of rotatable bonds is 6. The van der Waals surface area contributed by atoms with E-state index >= 15 is 0 Å². The van der Waals surface area contributed by atoms with Crippen molar-refractivity contribution in [2.75, 3.05) is 19.8 Å². The van der Waals surface area contributed by atoms with Gasteiger partial charge in [0, 0.05) is 13.0 Å². The minimum Gasteiger partial charge on any atom is -0.447 e. The lowest BCUT2D eigenvalue weighted by Gasteiger charge is -2.13. The van der Waals surface area contributed by atoms with Crippen LogP contribution in [0.5, 0.6) is 0 Å². The van der Waals surface area contributed by atoms with Crippen LogP contribution < -0.4 is 5.73 Å². The van der Waals surface area contributed by atoms with Crippen LogP contribution in [0.2, 0.25) is 0 Å². The number of primary amides is 1. The Balaban J connectivity index is 3.13. The first kappa shape index (κ1) is 12.2. The number of hydrogen-bond acceptors (Lipinski definition) is 3. The summed E-state index contributed by atoms with van der Waals surface area (Å²) in [7, 11) is 0. The van der Waals surface area contributed by atoms with E-state index in [4.69, 9.17) is 10.5 Å². The van der Waals surface area contributed by atoms with Gasteiger partial charge in [-0.1, -0.05) is 0 Å². The van der Waals surface area contributed by atoms with Gasteiger partial charge in [0.15, 0.2) is 0 Å². The fourth-order valence-corrected chi connectivity index (χ4v) is 0.618. The van der Waals surface area contributed by atoms with Crippen LogP contribution in [-0.2, 0) is 9.47 Å². The van der Waals surface area contributed by atoms with Crippen LogP contribution in [0.15, 0.2) is 0 Å². The Bertz CT molecular complexity index is 156. The Labute approximate surface area is 77.2 Å². The Morgan fingerprint density at radius 2 is 2.00 bits per heavy atom. The molecule has 0 aromatic heterocycles. The minimum atomic E-state index is -1.22. The van der Waals surface area contributed by atoms with Crippen molar-refractivity contribution in [3.63, 3.8) is 0 Å². The summed E-state index contributed by atoms with van der Waals surface area (Å²) < 4.78 is 22.2. The molecule has 0 aromatic rings. The van der Waals surface area contributed by atoms with Gasteiger partial charge in [0.1, 0.15) is 12.3 Å². The Kier molecular flexibility index (Phi) is 5.37. The average Bonchev–Trinajstić information content (AvgIpc) is 1.93. The van der Waals surface area contributed by atoms with Gasteiger partial charge in [-0.2, -0.15) is 0 Å². The number of alkyl halides is 1. The molecule has 2 N–H and O–H groups in total. The molecule has 5 heteroatoms. The fourth-order valence-electron chi connectivity index (χ4n) is 0.618. The highest BCUT2D eigenvalue weighted by atomic mass is 19.1. The molecule has 13 heavy (non-hydrogen) atoms. The van der Waals surface area contributed by atoms with Crippen LogP contribution in [0.1, 0.15) is 20.3 Å². The maximum absolute atomic E-state index is 12.8. The summed E-state index contributed by atoms with van der Waals surface area (Å²) in [5.41, 5.74) is 3.48. The van der Waals surface area contributed by atoms with Crippen LogP contribution in [0.4, 0.5) is 9.18 Å². The number of carbonyl (C=O) groups is 1. The molecule has 0 rings (SSSR count). The molecule has 0 aromatic carbocycles. The van der Waals surface area contributed by atoms with Gasteiger partial charge in [0.05, 0.1) is 6.61 Å². The molecule has 0 atom stereocenters. The second-order valence-electron chi connectivity index (χ2n) is 3.25. The normalized spacial score (nSPS) is 11.3. The predicted molar refractivity (Wildman–Crippen MR) is 46.2 cm³/mol. The third kappa shape index (κ3) is 11.2. The van der Waals surface area contributed by atoms with E-state index in [0.717, 1.165) is 0 Å². The van der Waals surface area contributed by atoms with E-state index < -0.39 is 11.8 Å². The van der Waals surface area contributed by atoms with Crippen molar-refractivity contribution in [2.45, 2.75) is 25.9 Å². The zero-order valence-corrected chi connectivity index (χ0v) is 8.01. The third-order valence-corrected chi connectivity index (χ3v) is 1.31. The van der Waals surface area contributed by atoms with Crippen molar-refractivity contribution in [3.8, 4) is 0 Å². The lowest BCUT2D eigenvalue weighted by atomic mass is 10.1. The standard InChI is InChI=1S/C8H16FNO3/c1-8(2,9)3-4-12-5-6-13-7(10)11/h3-6H2,1-2H3,(H2,10,11). The summed E-state index contributed by atoms with van der Waals surface area (Å²) >= 11 is 0. The van der Waals surface area contributed by atoms with E-state index in [1.54, 1.807) is 0 Å². The summed E-state index contributed by atoms with van der Waals surface area (Å²) in [6, 6.07) is 0. The van der Waals surface area contributed by atoms with Crippen molar-refractivity contribution in [1.29, 1.82) is 0 Å². The summed E-state index contributed by atoms with van der Waals surface area (Å²) in [6.07, 6.45) is -0.502. The van der Waals surface area contributed by atoms with E-state index in [2.05, 4.69) is 4.74 Å². The number of halogens is 1. The summed E-state index contributed by atoms with van der Waals surface area (Å²) in [6.45, 7) is 3.64. The quantitative estimate of drug-likeness (QED) is 0.645. The molecule has 1 amide bonds. The lowest BCUT2D eigenvalue weighted by molar-refractivity contribution is 0.0536. The topological polar surface area (TPSA) is 61.6 Å². The first-order valence-electron chi connectivity index (χ1n) is 4.11. The second kappa shape index (κ2) is 5.75. The average molecular weight is 193 g/mol. The molecule has 0 saturated heterocycles. The highest BCUT2D eigenvalue weighted by Gasteiger charge is 2.14. The fraction of sp³-hybridized carbons (Fsp3) is 0.875. The molecule has 0 aliphatic heterocycles. The van der Waals surface area contributed by atoms with E-state index in [1.807, 2.05) is 0 Å². The molecule has 4 nitrogen and oxygen atoms in total. The van der Waals surface area contributed by atoms with Gasteiger partial charge in [-0.15, -0.1) is 0 Å². The number of nitrogens with two attached hydrogens (primary N) is 1. The molecular formula is C8H16FNO3. The molecule has 0 spiro atoms. The Morgan fingerprint density at radius 1 is 1.38 bits per heavy atom. The molecule has 0 heterocycles. The first-order chi connectivity index (χ1) is 5.92. The maximum Gasteiger partial charge on any atom is 0.404 e. The number of carbonyl (C=O) groups excluding carboxylic acids is 1. The smallest absolute Gasteiger partial charge is 0.404 e. The summed E-state index contributed by atoms with van der Waals surface area (Å²) in [5.74, 6) is 0. The number of ether oxygens (including phenoxy) is 2. The highest BCUT2D eigenvalue weighted by Crippen LogP contribution is 2.12. The summed E-state index contributed by atoms with van der Waals surface area (Å²) in [4.78, 5) is 10.1. The molecule has 0 saturated carbocycles. The van der Waals surface area contributed by atoms with Gasteiger partial charge in [-0.3, -0.25) is 0 Å². The zero-order valence-electron chi connectivity index (χ0n) is 8.01. The Hall–Kier alpha value is -0.840. The van der Waals surface area contributed by atoms with Crippen molar-refractivity contribution in [1.82, 2.24) is 0 Å². The molecule has 0 unspecified atom stereocenters. The number of hydrogen-bond donors (Lipinski definition) is 1. The molecule has 0 bridgehead atoms. The van der Waals surface area contributed by atoms with E-state index in [9.17, 15) is 9.18 Å². The molecule has 78 valence electrons. The largest absolute Gasteiger partial charge is 0.447 e. The monoisotopic (exact) mass is 193 g/mol. The molecule has 0 fully saturated rings. The van der Waals surface area contributed by atoms with Gasteiger partial charge in [-0.05, 0) is 13.8 Å². The molecular weight excluding hydrogens is 177 g/mol. The van der Waals surface area contributed by atoms with E-state index in [0.29, 0.717) is 13.0 Å². The van der Waals surface area contributed by atoms with Crippen LogP contribution in [0, 0.1) is 0 Å². The molecule has 0 aliphatic rings. The van der Waals surface area contributed by atoms with Gasteiger partial charge >= 0.3 is 6.09 Å². The van der Waals surface area contributed by atoms with Crippen LogP contribution in [-0.4, -0.2) is 31.6 Å². The second-order valence-corrected chi connectivity index (χ2v) is 3.25. The van der Waals surface area contributed by atoms with Crippen molar-refractivity contribution >= 4 is 6.09 Å².